The zero-order valence-corrected chi connectivity index (χ0v) is 10.7. The summed E-state index contributed by atoms with van der Waals surface area (Å²) in [6.07, 6.45) is 3.56. The fourth-order valence-corrected chi connectivity index (χ4v) is 2.00. The summed E-state index contributed by atoms with van der Waals surface area (Å²) < 4.78 is 5.41. The number of pyridine rings is 1. The number of hydrogen-bond acceptors (Lipinski definition) is 4. The number of furan rings is 1. The second-order valence-corrected chi connectivity index (χ2v) is 4.77. The maximum absolute atomic E-state index is 12.5. The Kier molecular flexibility index (Phi) is 2.74. The van der Waals surface area contributed by atoms with Crippen LogP contribution >= 0.6 is 0 Å². The lowest BCUT2D eigenvalue weighted by Gasteiger charge is -2.20. The van der Waals surface area contributed by atoms with Gasteiger partial charge in [0.1, 0.15) is 11.6 Å². The number of carbonyl (C=O) groups excluding carboxylic acids is 1. The summed E-state index contributed by atoms with van der Waals surface area (Å²) >= 11 is 0. The van der Waals surface area contributed by atoms with Gasteiger partial charge in [0.15, 0.2) is 5.76 Å². The van der Waals surface area contributed by atoms with Crippen molar-refractivity contribution in [3.63, 3.8) is 0 Å². The number of amides is 1. The maximum atomic E-state index is 12.5. The lowest BCUT2D eigenvalue weighted by atomic mass is 10.3. The topological polar surface area (TPSA) is 72.4 Å². The SMILES string of the molecule is Cc1ccc(C(=O)N(c2ccc(N)cn2)C2CC2)o1. The molecule has 3 rings (SSSR count). The third kappa shape index (κ3) is 2.31. The molecule has 5 nitrogen and oxygen atoms in total. The van der Waals surface area contributed by atoms with Crippen LogP contribution in [-0.2, 0) is 0 Å². The van der Waals surface area contributed by atoms with E-state index >= 15 is 0 Å². The number of rotatable bonds is 3. The molecule has 0 aliphatic heterocycles. The molecule has 1 fully saturated rings. The van der Waals surface area contributed by atoms with Crippen molar-refractivity contribution in [2.45, 2.75) is 25.8 Å². The number of nitrogens with two attached hydrogens (primary N) is 1. The van der Waals surface area contributed by atoms with E-state index in [1.165, 1.54) is 0 Å². The van der Waals surface area contributed by atoms with Crippen LogP contribution in [0.15, 0.2) is 34.9 Å². The summed E-state index contributed by atoms with van der Waals surface area (Å²) in [5.41, 5.74) is 6.21. The molecule has 1 aliphatic carbocycles. The summed E-state index contributed by atoms with van der Waals surface area (Å²) in [7, 11) is 0. The molecule has 2 heterocycles. The van der Waals surface area contributed by atoms with E-state index < -0.39 is 0 Å². The number of aromatic nitrogens is 1. The van der Waals surface area contributed by atoms with Gasteiger partial charge in [-0.15, -0.1) is 0 Å². The molecule has 1 amide bonds. The van der Waals surface area contributed by atoms with Crippen LogP contribution in [0, 0.1) is 6.92 Å². The third-order valence-corrected chi connectivity index (χ3v) is 3.10. The first-order valence-electron chi connectivity index (χ1n) is 6.26. The van der Waals surface area contributed by atoms with Crippen LogP contribution in [0.3, 0.4) is 0 Å². The van der Waals surface area contributed by atoms with Gasteiger partial charge < -0.3 is 10.2 Å². The zero-order valence-electron chi connectivity index (χ0n) is 10.7. The highest BCUT2D eigenvalue weighted by molar-refractivity contribution is 6.04. The van der Waals surface area contributed by atoms with Crippen molar-refractivity contribution in [3.8, 4) is 0 Å². The molecule has 0 radical (unpaired) electrons. The molecule has 0 atom stereocenters. The van der Waals surface area contributed by atoms with Gasteiger partial charge in [-0.2, -0.15) is 0 Å². The first kappa shape index (κ1) is 11.8. The second-order valence-electron chi connectivity index (χ2n) is 4.77. The van der Waals surface area contributed by atoms with Gasteiger partial charge in [-0.05, 0) is 44.0 Å². The Labute approximate surface area is 111 Å². The predicted octanol–water partition coefficient (Wildman–Crippen LogP) is 2.37. The summed E-state index contributed by atoms with van der Waals surface area (Å²) in [4.78, 5) is 18.4. The van der Waals surface area contributed by atoms with Crippen LogP contribution in [0.2, 0.25) is 0 Å². The van der Waals surface area contributed by atoms with Crippen LogP contribution < -0.4 is 10.6 Å². The molecule has 2 aromatic rings. The number of carbonyl (C=O) groups is 1. The summed E-state index contributed by atoms with van der Waals surface area (Å²) in [6.45, 7) is 1.82. The molecule has 0 aromatic carbocycles. The van der Waals surface area contributed by atoms with Gasteiger partial charge in [0.05, 0.1) is 11.9 Å². The van der Waals surface area contributed by atoms with Crippen molar-refractivity contribution in [2.24, 2.45) is 0 Å². The largest absolute Gasteiger partial charge is 0.456 e. The van der Waals surface area contributed by atoms with Crippen LogP contribution in [0.4, 0.5) is 11.5 Å². The molecule has 2 N–H and O–H groups in total. The quantitative estimate of drug-likeness (QED) is 0.916. The zero-order chi connectivity index (χ0) is 13.4. The van der Waals surface area contributed by atoms with E-state index in [0.29, 0.717) is 17.3 Å². The lowest BCUT2D eigenvalue weighted by Crippen LogP contribution is -2.33. The average Bonchev–Trinajstić information content (AvgIpc) is 3.13. The Hall–Kier alpha value is -2.30. The Balaban J connectivity index is 1.93. The van der Waals surface area contributed by atoms with Crippen LogP contribution in [0.25, 0.3) is 0 Å². The Bertz CT molecular complexity index is 599. The molecule has 0 bridgehead atoms. The van der Waals surface area contributed by atoms with Crippen LogP contribution in [0.5, 0.6) is 0 Å². The van der Waals surface area contributed by atoms with E-state index in [1.54, 1.807) is 35.4 Å². The van der Waals surface area contributed by atoms with E-state index in [9.17, 15) is 4.79 Å². The van der Waals surface area contributed by atoms with Crippen LogP contribution in [-0.4, -0.2) is 16.9 Å². The van der Waals surface area contributed by atoms with E-state index in [4.69, 9.17) is 10.2 Å². The third-order valence-electron chi connectivity index (χ3n) is 3.10. The molecular formula is C14H15N3O2. The van der Waals surface area contributed by atoms with Crippen molar-refractivity contribution < 1.29 is 9.21 Å². The molecule has 0 spiro atoms. The van der Waals surface area contributed by atoms with Crippen molar-refractivity contribution in [3.05, 3.63) is 42.0 Å². The number of aryl methyl sites for hydroxylation is 1. The molecular weight excluding hydrogens is 242 g/mol. The van der Waals surface area contributed by atoms with Crippen molar-refractivity contribution in [1.29, 1.82) is 0 Å². The fourth-order valence-electron chi connectivity index (χ4n) is 2.00. The Morgan fingerprint density at radius 2 is 2.16 bits per heavy atom. The molecule has 1 aliphatic rings. The molecule has 98 valence electrons. The highest BCUT2D eigenvalue weighted by atomic mass is 16.3. The molecule has 2 aromatic heterocycles. The minimum absolute atomic E-state index is 0.145. The van der Waals surface area contributed by atoms with E-state index in [-0.39, 0.29) is 11.9 Å². The number of nitrogens with zero attached hydrogens (tertiary/aromatic N) is 2. The fraction of sp³-hybridized carbons (Fsp3) is 0.286. The summed E-state index contributed by atoms with van der Waals surface area (Å²) in [5, 5.41) is 0. The molecule has 19 heavy (non-hydrogen) atoms. The van der Waals surface area contributed by atoms with Crippen LogP contribution in [0.1, 0.15) is 29.2 Å². The first-order chi connectivity index (χ1) is 9.15. The normalized spacial score (nSPS) is 14.4. The molecule has 0 saturated heterocycles. The lowest BCUT2D eigenvalue weighted by molar-refractivity contribution is 0.0956. The summed E-state index contributed by atoms with van der Waals surface area (Å²) in [6, 6.07) is 7.22. The maximum Gasteiger partial charge on any atom is 0.295 e. The second kappa shape index (κ2) is 4.42. The standard InChI is InChI=1S/C14H15N3O2/c1-9-2-6-12(19-9)14(18)17(11-4-5-11)13-7-3-10(15)8-16-13/h2-3,6-8,11H,4-5,15H2,1H3. The van der Waals surface area contributed by atoms with E-state index in [1.807, 2.05) is 6.92 Å². The average molecular weight is 257 g/mol. The molecule has 0 unspecified atom stereocenters. The minimum Gasteiger partial charge on any atom is -0.456 e. The summed E-state index contributed by atoms with van der Waals surface area (Å²) in [5.74, 6) is 1.55. The van der Waals surface area contributed by atoms with Gasteiger partial charge in [-0.3, -0.25) is 9.69 Å². The number of hydrogen-bond donors (Lipinski definition) is 1. The van der Waals surface area contributed by atoms with E-state index in [2.05, 4.69) is 4.98 Å². The van der Waals surface area contributed by atoms with Gasteiger partial charge in [0.2, 0.25) is 0 Å². The molecule has 1 saturated carbocycles. The van der Waals surface area contributed by atoms with Crippen molar-refractivity contribution in [1.82, 2.24) is 4.98 Å². The Morgan fingerprint density at radius 1 is 1.37 bits per heavy atom. The van der Waals surface area contributed by atoms with Gasteiger partial charge in [-0.1, -0.05) is 0 Å². The van der Waals surface area contributed by atoms with Gasteiger partial charge in [0, 0.05) is 6.04 Å². The highest BCUT2D eigenvalue weighted by Crippen LogP contribution is 2.32. The monoisotopic (exact) mass is 257 g/mol. The van der Waals surface area contributed by atoms with Gasteiger partial charge in [-0.25, -0.2) is 4.98 Å². The highest BCUT2D eigenvalue weighted by Gasteiger charge is 2.36. The Morgan fingerprint density at radius 3 is 2.68 bits per heavy atom. The minimum atomic E-state index is -0.145. The number of anilines is 2. The smallest absolute Gasteiger partial charge is 0.295 e. The predicted molar refractivity (Wildman–Crippen MR) is 71.9 cm³/mol. The van der Waals surface area contributed by atoms with Crippen molar-refractivity contribution in [2.75, 3.05) is 10.6 Å². The van der Waals surface area contributed by atoms with E-state index in [0.717, 1.165) is 18.6 Å². The first-order valence-corrected chi connectivity index (χ1v) is 6.26. The van der Waals surface area contributed by atoms with Crippen molar-refractivity contribution >= 4 is 17.4 Å². The van der Waals surface area contributed by atoms with Gasteiger partial charge in [0.25, 0.3) is 5.91 Å². The number of nitrogen functional groups attached to an aromatic ring is 1. The van der Waals surface area contributed by atoms with Gasteiger partial charge >= 0.3 is 0 Å². The molecule has 5 heteroatoms.